The Kier molecular flexibility index (Phi) is 5.04. The molecule has 3 rings (SSSR count). The van der Waals surface area contributed by atoms with E-state index in [-0.39, 0.29) is 18.1 Å². The highest BCUT2D eigenvalue weighted by Crippen LogP contribution is 2.37. The van der Waals surface area contributed by atoms with Gasteiger partial charge in [0.1, 0.15) is 0 Å². The van der Waals surface area contributed by atoms with Crippen LogP contribution in [0.3, 0.4) is 0 Å². The fraction of sp³-hybridized carbons (Fsp3) is 0.765. The van der Waals surface area contributed by atoms with Gasteiger partial charge in [0.15, 0.2) is 0 Å². The van der Waals surface area contributed by atoms with Gasteiger partial charge in [-0.1, -0.05) is 0 Å². The van der Waals surface area contributed by atoms with Crippen LogP contribution in [0.15, 0.2) is 0 Å². The minimum atomic E-state index is 0.124. The van der Waals surface area contributed by atoms with Gasteiger partial charge >= 0.3 is 0 Å². The molecule has 0 unspecified atom stereocenters. The van der Waals surface area contributed by atoms with Crippen molar-refractivity contribution in [2.45, 2.75) is 58.3 Å². The third-order valence-electron chi connectivity index (χ3n) is 4.72. The number of aryl methyl sites for hydroxylation is 2. The first-order chi connectivity index (χ1) is 10.9. The number of likely N-dealkylation sites (N-methyl/N-ethyl adjacent to an activating group) is 1. The van der Waals surface area contributed by atoms with Gasteiger partial charge in [0, 0.05) is 24.0 Å². The highest BCUT2D eigenvalue weighted by atomic mass is 32.1. The van der Waals surface area contributed by atoms with E-state index in [1.165, 1.54) is 10.6 Å². The van der Waals surface area contributed by atoms with Crippen molar-refractivity contribution < 1.29 is 9.53 Å². The van der Waals surface area contributed by atoms with Crippen molar-refractivity contribution in [2.75, 3.05) is 26.7 Å². The Morgan fingerprint density at radius 1 is 1.39 bits per heavy atom. The van der Waals surface area contributed by atoms with E-state index in [0.717, 1.165) is 24.3 Å². The van der Waals surface area contributed by atoms with Crippen LogP contribution in [0.1, 0.15) is 48.3 Å². The number of morpholine rings is 1. The van der Waals surface area contributed by atoms with Crippen molar-refractivity contribution in [3.05, 3.63) is 15.6 Å². The van der Waals surface area contributed by atoms with Gasteiger partial charge in [-0.05, 0) is 47.1 Å². The molecule has 2 aliphatic rings. The van der Waals surface area contributed by atoms with Gasteiger partial charge in [0.05, 0.1) is 29.5 Å². The molecule has 0 aromatic carbocycles. The molecule has 0 radical (unpaired) electrons. The monoisotopic (exact) mass is 337 g/mol. The number of hydrogen-bond acceptors (Lipinski definition) is 5. The molecule has 128 valence electrons. The summed E-state index contributed by atoms with van der Waals surface area (Å²) in [6, 6.07) is 0.338. The summed E-state index contributed by atoms with van der Waals surface area (Å²) >= 11 is 1.79. The summed E-state index contributed by atoms with van der Waals surface area (Å²) < 4.78 is 5.72. The SMILES string of the molecule is Cc1nc2c(s1)[C@@H](N(C)CC(=O)N1C[C@@H](C)O[C@@H](C)C1)CCC2. The molecule has 23 heavy (non-hydrogen) atoms. The number of thiazole rings is 1. The molecule has 5 nitrogen and oxygen atoms in total. The van der Waals surface area contributed by atoms with Crippen molar-refractivity contribution in [2.24, 2.45) is 0 Å². The summed E-state index contributed by atoms with van der Waals surface area (Å²) in [5.74, 6) is 0.211. The second-order valence-electron chi connectivity index (χ2n) is 6.92. The maximum absolute atomic E-state index is 12.7. The van der Waals surface area contributed by atoms with E-state index in [1.54, 1.807) is 11.3 Å². The third kappa shape index (κ3) is 3.75. The molecule has 0 N–H and O–H groups in total. The average molecular weight is 337 g/mol. The minimum Gasteiger partial charge on any atom is -0.372 e. The van der Waals surface area contributed by atoms with Crippen LogP contribution >= 0.6 is 11.3 Å². The second-order valence-corrected chi connectivity index (χ2v) is 8.16. The Morgan fingerprint density at radius 3 is 2.78 bits per heavy atom. The lowest BCUT2D eigenvalue weighted by molar-refractivity contribution is -0.144. The number of hydrogen-bond donors (Lipinski definition) is 0. The largest absolute Gasteiger partial charge is 0.372 e. The van der Waals surface area contributed by atoms with Crippen molar-refractivity contribution in [1.29, 1.82) is 0 Å². The van der Waals surface area contributed by atoms with Crippen LogP contribution in [0.25, 0.3) is 0 Å². The molecule has 1 aromatic rings. The van der Waals surface area contributed by atoms with Crippen molar-refractivity contribution >= 4 is 17.2 Å². The fourth-order valence-electron chi connectivity index (χ4n) is 3.75. The molecule has 1 amide bonds. The number of carbonyl (C=O) groups excluding carboxylic acids is 1. The molecule has 0 bridgehead atoms. The summed E-state index contributed by atoms with van der Waals surface area (Å²) in [6.45, 7) is 8.02. The van der Waals surface area contributed by atoms with Crippen molar-refractivity contribution in [3.63, 3.8) is 0 Å². The Labute approximate surface area is 142 Å². The zero-order valence-corrected chi connectivity index (χ0v) is 15.4. The van der Waals surface area contributed by atoms with E-state index in [1.807, 2.05) is 18.7 Å². The van der Waals surface area contributed by atoms with Gasteiger partial charge in [-0.3, -0.25) is 9.69 Å². The van der Waals surface area contributed by atoms with E-state index in [9.17, 15) is 4.79 Å². The summed E-state index contributed by atoms with van der Waals surface area (Å²) in [4.78, 5) is 22.9. The first kappa shape index (κ1) is 16.9. The predicted octanol–water partition coefficient (Wildman–Crippen LogP) is 2.40. The zero-order chi connectivity index (χ0) is 16.6. The van der Waals surface area contributed by atoms with E-state index in [0.29, 0.717) is 25.7 Å². The predicted molar refractivity (Wildman–Crippen MR) is 91.7 cm³/mol. The maximum Gasteiger partial charge on any atom is 0.236 e. The molecule has 2 heterocycles. The summed E-state index contributed by atoms with van der Waals surface area (Å²) in [6.07, 6.45) is 3.60. The van der Waals surface area contributed by atoms with Crippen LogP contribution in [-0.2, 0) is 16.0 Å². The molecule has 1 aromatic heterocycles. The van der Waals surface area contributed by atoms with Crippen LogP contribution in [0.5, 0.6) is 0 Å². The normalized spacial score (nSPS) is 28.0. The van der Waals surface area contributed by atoms with Gasteiger partial charge in [-0.15, -0.1) is 11.3 Å². The molecule has 1 fully saturated rings. The molecule has 1 saturated heterocycles. The maximum atomic E-state index is 12.7. The Balaban J connectivity index is 1.65. The van der Waals surface area contributed by atoms with Crippen LogP contribution in [0.2, 0.25) is 0 Å². The van der Waals surface area contributed by atoms with E-state index < -0.39 is 0 Å². The Bertz CT molecular complexity index is 564. The number of fused-ring (bicyclic) bond motifs is 1. The summed E-state index contributed by atoms with van der Waals surface area (Å²) in [5, 5.41) is 1.14. The van der Waals surface area contributed by atoms with Gasteiger partial charge in [0.2, 0.25) is 5.91 Å². The minimum absolute atomic E-state index is 0.124. The van der Waals surface area contributed by atoms with E-state index in [2.05, 4.69) is 23.9 Å². The lowest BCUT2D eigenvalue weighted by Crippen LogP contribution is -2.51. The topological polar surface area (TPSA) is 45.7 Å². The lowest BCUT2D eigenvalue weighted by atomic mass is 9.97. The smallest absolute Gasteiger partial charge is 0.236 e. The molecule has 1 aliphatic heterocycles. The van der Waals surface area contributed by atoms with E-state index in [4.69, 9.17) is 4.74 Å². The van der Waals surface area contributed by atoms with Crippen molar-refractivity contribution in [3.8, 4) is 0 Å². The highest BCUT2D eigenvalue weighted by molar-refractivity contribution is 7.11. The molecule has 1 aliphatic carbocycles. The van der Waals surface area contributed by atoms with Gasteiger partial charge in [-0.2, -0.15) is 0 Å². The number of aromatic nitrogens is 1. The van der Waals surface area contributed by atoms with Gasteiger partial charge in [0.25, 0.3) is 0 Å². The number of amides is 1. The lowest BCUT2D eigenvalue weighted by Gasteiger charge is -2.37. The molecule has 6 heteroatoms. The summed E-state index contributed by atoms with van der Waals surface area (Å²) in [5.41, 5.74) is 1.25. The zero-order valence-electron chi connectivity index (χ0n) is 14.5. The Hall–Kier alpha value is -0.980. The number of ether oxygens (including phenoxy) is 1. The molecule has 3 atom stereocenters. The first-order valence-corrected chi connectivity index (χ1v) is 9.35. The van der Waals surface area contributed by atoms with Gasteiger partial charge in [-0.25, -0.2) is 4.98 Å². The number of nitrogens with zero attached hydrogens (tertiary/aromatic N) is 3. The van der Waals surface area contributed by atoms with Crippen molar-refractivity contribution in [1.82, 2.24) is 14.8 Å². The number of rotatable bonds is 3. The standard InChI is InChI=1S/C17H27N3O2S/c1-11-8-20(9-12(2)22-11)16(21)10-19(4)15-7-5-6-14-17(15)23-13(3)18-14/h11-12,15H,5-10H2,1-4H3/t11-,12+,15-/m0/s1. The highest BCUT2D eigenvalue weighted by Gasteiger charge is 2.31. The van der Waals surface area contributed by atoms with Gasteiger partial charge < -0.3 is 9.64 Å². The molecular formula is C17H27N3O2S. The van der Waals surface area contributed by atoms with E-state index >= 15 is 0 Å². The fourth-order valence-corrected chi connectivity index (χ4v) is 4.92. The average Bonchev–Trinajstić information content (AvgIpc) is 2.85. The molecular weight excluding hydrogens is 310 g/mol. The van der Waals surface area contributed by atoms with Crippen LogP contribution in [-0.4, -0.2) is 59.6 Å². The summed E-state index contributed by atoms with van der Waals surface area (Å²) in [7, 11) is 2.07. The second kappa shape index (κ2) is 6.87. The number of carbonyl (C=O) groups is 1. The first-order valence-electron chi connectivity index (χ1n) is 8.53. The van der Waals surface area contributed by atoms with Crippen LogP contribution < -0.4 is 0 Å². The molecule has 0 spiro atoms. The third-order valence-corrected chi connectivity index (χ3v) is 5.83. The quantitative estimate of drug-likeness (QED) is 0.850. The Morgan fingerprint density at radius 2 is 2.09 bits per heavy atom. The van der Waals surface area contributed by atoms with Crippen LogP contribution in [0.4, 0.5) is 0 Å². The van der Waals surface area contributed by atoms with Crippen LogP contribution in [0, 0.1) is 6.92 Å². The molecule has 0 saturated carbocycles.